The summed E-state index contributed by atoms with van der Waals surface area (Å²) >= 11 is 5.36. The van der Waals surface area contributed by atoms with Gasteiger partial charge < -0.3 is 15.8 Å². The Kier molecular flexibility index (Phi) is 6.25. The maximum absolute atomic E-state index is 8.65. The van der Waals surface area contributed by atoms with Crippen molar-refractivity contribution in [1.29, 1.82) is 0 Å². The fourth-order valence-corrected chi connectivity index (χ4v) is 1.78. The third kappa shape index (κ3) is 5.34. The maximum atomic E-state index is 8.65. The molecule has 0 atom stereocenters. The molecule has 0 radical (unpaired) electrons. The second kappa shape index (κ2) is 7.47. The lowest BCUT2D eigenvalue weighted by molar-refractivity contribution is 0.425. The number of aromatic nitrogens is 2. The van der Waals surface area contributed by atoms with Gasteiger partial charge >= 0.3 is 7.12 Å². The summed E-state index contributed by atoms with van der Waals surface area (Å²) in [4.78, 5) is 7.02. The molecule has 1 heterocycles. The molecule has 0 bridgehead atoms. The van der Waals surface area contributed by atoms with Gasteiger partial charge in [-0.3, -0.25) is 0 Å². The van der Waals surface area contributed by atoms with E-state index in [1.807, 2.05) is 0 Å². The van der Waals surface area contributed by atoms with E-state index in [2.05, 4.69) is 9.97 Å². The van der Waals surface area contributed by atoms with Crippen molar-refractivity contribution in [2.45, 2.75) is 38.5 Å². The standard InChI is InChI=1S/C6H12.C4H5BClN3O2/c1-2-4-6-5-3-1;6-4-8-1-2(5(10)11)3(7)9-4/h1-6H2;1,10-11H,(H2,7,8,9). The Morgan fingerprint density at radius 3 is 1.94 bits per heavy atom. The summed E-state index contributed by atoms with van der Waals surface area (Å²) in [5.74, 6) is -0.0278. The Balaban J connectivity index is 0.000000202. The van der Waals surface area contributed by atoms with E-state index in [9.17, 15) is 0 Å². The zero-order valence-corrected chi connectivity index (χ0v) is 10.4. The molecule has 0 aromatic carbocycles. The zero-order valence-electron chi connectivity index (χ0n) is 9.64. The molecular formula is C10H17BClN3O2. The van der Waals surface area contributed by atoms with Gasteiger partial charge in [0.2, 0.25) is 5.28 Å². The molecule has 0 amide bonds. The summed E-state index contributed by atoms with van der Waals surface area (Å²) in [7, 11) is -1.66. The van der Waals surface area contributed by atoms with Crippen LogP contribution in [0.25, 0.3) is 0 Å². The number of halogens is 1. The van der Waals surface area contributed by atoms with Gasteiger partial charge in [-0.05, 0) is 11.6 Å². The molecule has 1 aromatic rings. The number of hydrogen-bond donors (Lipinski definition) is 3. The second-order valence-electron chi connectivity index (χ2n) is 3.97. The summed E-state index contributed by atoms with van der Waals surface area (Å²) in [6, 6.07) is 0. The molecule has 0 spiro atoms. The van der Waals surface area contributed by atoms with E-state index in [1.54, 1.807) is 0 Å². The summed E-state index contributed by atoms with van der Waals surface area (Å²) in [6.45, 7) is 0. The largest absolute Gasteiger partial charge is 0.493 e. The minimum Gasteiger partial charge on any atom is -0.423 e. The molecule has 4 N–H and O–H groups in total. The molecule has 7 heteroatoms. The van der Waals surface area contributed by atoms with Crippen molar-refractivity contribution in [3.63, 3.8) is 0 Å². The van der Waals surface area contributed by atoms with Crippen molar-refractivity contribution in [3.8, 4) is 0 Å². The zero-order chi connectivity index (χ0) is 12.7. The third-order valence-corrected chi connectivity index (χ3v) is 2.78. The van der Waals surface area contributed by atoms with E-state index in [0.717, 1.165) is 6.20 Å². The first-order valence-electron chi connectivity index (χ1n) is 5.75. The van der Waals surface area contributed by atoms with Crippen LogP contribution in [0, 0.1) is 0 Å². The fourth-order valence-electron chi connectivity index (χ4n) is 1.64. The molecular weight excluding hydrogens is 240 g/mol. The highest BCUT2D eigenvalue weighted by molar-refractivity contribution is 6.60. The average molecular weight is 258 g/mol. The van der Waals surface area contributed by atoms with Crippen LogP contribution >= 0.6 is 11.6 Å². The quantitative estimate of drug-likeness (QED) is 0.509. The number of nitrogens with zero attached hydrogens (tertiary/aromatic N) is 2. The Labute approximate surface area is 106 Å². The predicted molar refractivity (Wildman–Crippen MR) is 69.0 cm³/mol. The van der Waals surface area contributed by atoms with Crippen LogP contribution in [0.1, 0.15) is 38.5 Å². The van der Waals surface area contributed by atoms with Crippen LogP contribution in [0.4, 0.5) is 5.82 Å². The molecule has 1 aliphatic rings. The molecule has 0 saturated heterocycles. The first-order chi connectivity index (χ1) is 8.11. The van der Waals surface area contributed by atoms with Gasteiger partial charge in [0.05, 0.1) is 0 Å². The molecule has 2 rings (SSSR count). The number of nitrogens with two attached hydrogens (primary N) is 1. The van der Waals surface area contributed by atoms with Crippen LogP contribution in [-0.4, -0.2) is 27.1 Å². The smallest absolute Gasteiger partial charge is 0.423 e. The monoisotopic (exact) mass is 257 g/mol. The van der Waals surface area contributed by atoms with Crippen molar-refractivity contribution in [3.05, 3.63) is 11.5 Å². The predicted octanol–water partition coefficient (Wildman–Crippen LogP) is 0.733. The molecule has 1 aromatic heterocycles. The molecule has 1 saturated carbocycles. The van der Waals surface area contributed by atoms with E-state index in [4.69, 9.17) is 27.4 Å². The fraction of sp³-hybridized carbons (Fsp3) is 0.600. The van der Waals surface area contributed by atoms with E-state index < -0.39 is 7.12 Å². The van der Waals surface area contributed by atoms with Gasteiger partial charge in [-0.25, -0.2) is 9.97 Å². The number of hydrogen-bond acceptors (Lipinski definition) is 5. The highest BCUT2D eigenvalue weighted by Gasteiger charge is 2.16. The maximum Gasteiger partial charge on any atom is 0.493 e. The Morgan fingerprint density at radius 2 is 1.59 bits per heavy atom. The van der Waals surface area contributed by atoms with Gasteiger partial charge in [-0.1, -0.05) is 38.5 Å². The molecule has 0 aliphatic heterocycles. The van der Waals surface area contributed by atoms with Crippen molar-refractivity contribution >= 4 is 30.0 Å². The lowest BCUT2D eigenvalue weighted by Gasteiger charge is -2.05. The molecule has 0 unspecified atom stereocenters. The van der Waals surface area contributed by atoms with E-state index in [0.29, 0.717) is 0 Å². The van der Waals surface area contributed by atoms with Gasteiger partial charge in [0.15, 0.2) is 0 Å². The van der Waals surface area contributed by atoms with Crippen LogP contribution in [-0.2, 0) is 0 Å². The first kappa shape index (κ1) is 14.2. The van der Waals surface area contributed by atoms with Gasteiger partial charge in [0.25, 0.3) is 0 Å². The molecule has 5 nitrogen and oxygen atoms in total. The molecule has 94 valence electrons. The van der Waals surface area contributed by atoms with Crippen LogP contribution in [0.2, 0.25) is 5.28 Å². The molecule has 1 fully saturated rings. The van der Waals surface area contributed by atoms with Crippen molar-refractivity contribution < 1.29 is 10.0 Å². The van der Waals surface area contributed by atoms with E-state index in [1.165, 1.54) is 38.5 Å². The lowest BCUT2D eigenvalue weighted by Crippen LogP contribution is -2.33. The summed E-state index contributed by atoms with van der Waals surface area (Å²) < 4.78 is 0. The highest BCUT2D eigenvalue weighted by Crippen LogP contribution is 2.15. The number of anilines is 1. The normalized spacial score (nSPS) is 14.8. The van der Waals surface area contributed by atoms with E-state index in [-0.39, 0.29) is 16.6 Å². The van der Waals surface area contributed by atoms with Gasteiger partial charge in [0, 0.05) is 11.7 Å². The van der Waals surface area contributed by atoms with Crippen LogP contribution < -0.4 is 11.2 Å². The van der Waals surface area contributed by atoms with Crippen LogP contribution in [0.3, 0.4) is 0 Å². The second-order valence-corrected chi connectivity index (χ2v) is 4.31. The topological polar surface area (TPSA) is 92.3 Å². The minimum absolute atomic E-state index is 0.0214. The van der Waals surface area contributed by atoms with Gasteiger partial charge in [-0.2, -0.15) is 0 Å². The Morgan fingerprint density at radius 1 is 1.12 bits per heavy atom. The van der Waals surface area contributed by atoms with Crippen molar-refractivity contribution in [1.82, 2.24) is 9.97 Å². The van der Waals surface area contributed by atoms with E-state index >= 15 is 0 Å². The van der Waals surface area contributed by atoms with Gasteiger partial charge in [0.1, 0.15) is 5.82 Å². The molecule has 17 heavy (non-hydrogen) atoms. The number of nitrogen functional groups attached to an aromatic ring is 1. The Hall–Kier alpha value is -0.845. The SMILES string of the molecule is C1CCCCC1.Nc1nc(Cl)ncc1B(O)O. The summed E-state index contributed by atoms with van der Waals surface area (Å²) in [5, 5.41) is 17.3. The van der Waals surface area contributed by atoms with Crippen LogP contribution in [0.5, 0.6) is 0 Å². The van der Waals surface area contributed by atoms with Crippen LogP contribution in [0.15, 0.2) is 6.20 Å². The first-order valence-corrected chi connectivity index (χ1v) is 6.13. The Bertz CT molecular complexity index is 337. The average Bonchev–Trinajstić information content (AvgIpc) is 2.31. The lowest BCUT2D eigenvalue weighted by atomic mass is 9.82. The van der Waals surface area contributed by atoms with Crippen molar-refractivity contribution in [2.24, 2.45) is 0 Å². The highest BCUT2D eigenvalue weighted by atomic mass is 35.5. The van der Waals surface area contributed by atoms with Gasteiger partial charge in [-0.15, -0.1) is 0 Å². The summed E-state index contributed by atoms with van der Waals surface area (Å²) in [6.07, 6.45) is 10.2. The summed E-state index contributed by atoms with van der Waals surface area (Å²) in [5.41, 5.74) is 5.32. The molecule has 1 aliphatic carbocycles. The minimum atomic E-state index is -1.66. The number of rotatable bonds is 1. The third-order valence-electron chi connectivity index (χ3n) is 2.60. The van der Waals surface area contributed by atoms with Crippen molar-refractivity contribution in [2.75, 3.05) is 5.73 Å².